The minimum absolute atomic E-state index is 0.0834. The minimum Gasteiger partial charge on any atom is -0.491 e. The number of rotatable bonds is 9. The zero-order chi connectivity index (χ0) is 28.3. The van der Waals surface area contributed by atoms with Crippen molar-refractivity contribution in [1.29, 1.82) is 0 Å². The Hall–Kier alpha value is -5.02. The van der Waals surface area contributed by atoms with Gasteiger partial charge in [0.25, 0.3) is 5.56 Å². The van der Waals surface area contributed by atoms with Crippen LogP contribution in [0.25, 0.3) is 39.4 Å². The summed E-state index contributed by atoms with van der Waals surface area (Å²) in [7, 11) is 0. The molecule has 0 aliphatic rings. The van der Waals surface area contributed by atoms with E-state index in [1.807, 2.05) is 110 Å². The first kappa shape index (κ1) is 26.2. The van der Waals surface area contributed by atoms with Crippen LogP contribution in [-0.2, 0) is 0 Å². The molecule has 0 spiro atoms. The molecule has 41 heavy (non-hydrogen) atoms. The molecule has 0 saturated carbocycles. The molecular formula is C32H27N5O3S. The molecule has 0 unspecified atom stereocenters. The van der Waals surface area contributed by atoms with Gasteiger partial charge in [0.15, 0.2) is 5.82 Å². The molecule has 0 saturated heterocycles. The molecule has 3 aromatic heterocycles. The standard InChI is InChI=1S/C32H27N5O3S/c1-4-18-39-26-14-12-23(13-15-26)30-33-32-37(35-30)31(38)28(41-32)19-24-20-36(25-8-6-5-7-9-25)34-29(24)22-10-16-27(17-11-22)40-21(2)3/h4-17,19-21H,1,18H2,2-3H3/b28-19+. The minimum atomic E-state index is -0.228. The average molecular weight is 562 g/mol. The predicted octanol–water partition coefficient (Wildman–Crippen LogP) is 5.57. The van der Waals surface area contributed by atoms with Crippen LogP contribution in [0.2, 0.25) is 0 Å². The number of hydrogen-bond acceptors (Lipinski definition) is 7. The Morgan fingerprint density at radius 3 is 2.32 bits per heavy atom. The Balaban J connectivity index is 1.38. The second-order valence-electron chi connectivity index (χ2n) is 9.57. The monoisotopic (exact) mass is 561 g/mol. The van der Waals surface area contributed by atoms with Crippen LogP contribution in [0.5, 0.6) is 11.5 Å². The summed E-state index contributed by atoms with van der Waals surface area (Å²) in [5.74, 6) is 2.00. The van der Waals surface area contributed by atoms with Gasteiger partial charge >= 0.3 is 0 Å². The number of nitrogens with zero attached hydrogens (tertiary/aromatic N) is 5. The molecule has 0 bridgehead atoms. The van der Waals surface area contributed by atoms with E-state index in [-0.39, 0.29) is 11.7 Å². The summed E-state index contributed by atoms with van der Waals surface area (Å²) >= 11 is 1.30. The summed E-state index contributed by atoms with van der Waals surface area (Å²) in [5.41, 5.74) is 3.97. The molecule has 9 heteroatoms. The van der Waals surface area contributed by atoms with Crippen LogP contribution in [0.15, 0.2) is 103 Å². The number of hydrogen-bond donors (Lipinski definition) is 0. The normalized spacial score (nSPS) is 11.8. The van der Waals surface area contributed by atoms with Gasteiger partial charge in [-0.25, -0.2) is 4.68 Å². The lowest BCUT2D eigenvalue weighted by Gasteiger charge is -2.09. The third-order valence-electron chi connectivity index (χ3n) is 6.21. The van der Waals surface area contributed by atoms with E-state index >= 15 is 0 Å². The van der Waals surface area contributed by atoms with Gasteiger partial charge in [-0.15, -0.1) is 5.10 Å². The van der Waals surface area contributed by atoms with Crippen molar-refractivity contribution in [2.45, 2.75) is 20.0 Å². The molecule has 8 nitrogen and oxygen atoms in total. The molecule has 0 atom stereocenters. The predicted molar refractivity (Wildman–Crippen MR) is 162 cm³/mol. The highest BCUT2D eigenvalue weighted by molar-refractivity contribution is 7.15. The molecule has 6 rings (SSSR count). The lowest BCUT2D eigenvalue weighted by atomic mass is 10.1. The van der Waals surface area contributed by atoms with Crippen LogP contribution in [0, 0.1) is 0 Å². The van der Waals surface area contributed by atoms with Crippen molar-refractivity contribution < 1.29 is 9.47 Å². The summed E-state index contributed by atoms with van der Waals surface area (Å²) in [6.07, 6.45) is 5.56. The van der Waals surface area contributed by atoms with Crippen LogP contribution < -0.4 is 19.6 Å². The van der Waals surface area contributed by atoms with Gasteiger partial charge in [-0.2, -0.15) is 14.6 Å². The Morgan fingerprint density at radius 2 is 1.63 bits per heavy atom. The second kappa shape index (κ2) is 11.2. The fourth-order valence-corrected chi connectivity index (χ4v) is 5.25. The molecule has 3 aromatic carbocycles. The van der Waals surface area contributed by atoms with Gasteiger partial charge < -0.3 is 9.47 Å². The number of thiazole rings is 1. The molecule has 0 N–H and O–H groups in total. The summed E-state index contributed by atoms with van der Waals surface area (Å²) in [6.45, 7) is 8.08. The summed E-state index contributed by atoms with van der Waals surface area (Å²) < 4.78 is 15.1. The maximum Gasteiger partial charge on any atom is 0.291 e. The van der Waals surface area contributed by atoms with E-state index in [0.717, 1.165) is 39.6 Å². The molecule has 0 aliphatic heterocycles. The lowest BCUT2D eigenvalue weighted by molar-refractivity contribution is 0.242. The second-order valence-corrected chi connectivity index (χ2v) is 10.6. The Labute approximate surface area is 240 Å². The molecule has 6 aromatic rings. The zero-order valence-electron chi connectivity index (χ0n) is 22.6. The number of benzene rings is 3. The van der Waals surface area contributed by atoms with E-state index < -0.39 is 0 Å². The lowest BCUT2D eigenvalue weighted by Crippen LogP contribution is -2.23. The van der Waals surface area contributed by atoms with Crippen molar-refractivity contribution in [3.63, 3.8) is 0 Å². The van der Waals surface area contributed by atoms with Crippen LogP contribution in [0.3, 0.4) is 0 Å². The van der Waals surface area contributed by atoms with E-state index in [1.54, 1.807) is 6.08 Å². The molecule has 0 amide bonds. The highest BCUT2D eigenvalue weighted by Gasteiger charge is 2.15. The van der Waals surface area contributed by atoms with Crippen molar-refractivity contribution in [2.75, 3.05) is 6.61 Å². The van der Waals surface area contributed by atoms with Gasteiger partial charge in [-0.1, -0.05) is 42.2 Å². The quantitative estimate of drug-likeness (QED) is 0.215. The number of aromatic nitrogens is 5. The van der Waals surface area contributed by atoms with E-state index in [0.29, 0.717) is 21.9 Å². The van der Waals surface area contributed by atoms with Crippen molar-refractivity contribution in [3.05, 3.63) is 118 Å². The van der Waals surface area contributed by atoms with Gasteiger partial charge in [0.05, 0.1) is 16.3 Å². The van der Waals surface area contributed by atoms with Gasteiger partial charge in [0.2, 0.25) is 4.96 Å². The first-order chi connectivity index (χ1) is 20.0. The maximum atomic E-state index is 13.4. The molecule has 0 radical (unpaired) electrons. The Morgan fingerprint density at radius 1 is 0.927 bits per heavy atom. The number of ether oxygens (including phenoxy) is 2. The fraction of sp³-hybridized carbons (Fsp3) is 0.125. The van der Waals surface area contributed by atoms with E-state index in [1.165, 1.54) is 15.9 Å². The first-order valence-electron chi connectivity index (χ1n) is 13.2. The molecule has 0 fully saturated rings. The maximum absolute atomic E-state index is 13.4. The third-order valence-corrected chi connectivity index (χ3v) is 7.17. The van der Waals surface area contributed by atoms with E-state index in [4.69, 9.17) is 14.6 Å². The smallest absolute Gasteiger partial charge is 0.291 e. The van der Waals surface area contributed by atoms with E-state index in [2.05, 4.69) is 16.7 Å². The fourth-order valence-electron chi connectivity index (χ4n) is 4.35. The number of fused-ring (bicyclic) bond motifs is 1. The van der Waals surface area contributed by atoms with Crippen LogP contribution in [-0.4, -0.2) is 37.1 Å². The van der Waals surface area contributed by atoms with Crippen molar-refractivity contribution >= 4 is 22.4 Å². The highest BCUT2D eigenvalue weighted by atomic mass is 32.1. The van der Waals surface area contributed by atoms with Crippen molar-refractivity contribution in [1.82, 2.24) is 24.4 Å². The summed E-state index contributed by atoms with van der Waals surface area (Å²) in [6, 6.07) is 25.1. The largest absolute Gasteiger partial charge is 0.491 e. The van der Waals surface area contributed by atoms with Crippen molar-refractivity contribution in [3.8, 4) is 39.8 Å². The van der Waals surface area contributed by atoms with Gasteiger partial charge in [0, 0.05) is 22.9 Å². The molecule has 204 valence electrons. The van der Waals surface area contributed by atoms with Gasteiger partial charge in [-0.05, 0) is 80.6 Å². The topological polar surface area (TPSA) is 83.5 Å². The molecular weight excluding hydrogens is 534 g/mol. The third kappa shape index (κ3) is 5.53. The Kier molecular flexibility index (Phi) is 7.18. The summed E-state index contributed by atoms with van der Waals surface area (Å²) in [4.78, 5) is 18.5. The van der Waals surface area contributed by atoms with Crippen LogP contribution in [0.4, 0.5) is 0 Å². The Bertz CT molecular complexity index is 1920. The van der Waals surface area contributed by atoms with Crippen LogP contribution in [0.1, 0.15) is 19.4 Å². The van der Waals surface area contributed by atoms with Gasteiger partial charge in [-0.3, -0.25) is 4.79 Å². The SMILES string of the molecule is C=CCOc1ccc(-c2nc3s/c(=C/c4cn(-c5ccccc5)nc4-c4ccc(OC(C)C)cc4)c(=O)n3n2)cc1. The van der Waals surface area contributed by atoms with Crippen molar-refractivity contribution in [2.24, 2.45) is 0 Å². The number of para-hydroxylation sites is 1. The molecule has 3 heterocycles. The zero-order valence-corrected chi connectivity index (χ0v) is 23.4. The van der Waals surface area contributed by atoms with E-state index in [9.17, 15) is 4.79 Å². The molecule has 0 aliphatic carbocycles. The van der Waals surface area contributed by atoms with Gasteiger partial charge in [0.1, 0.15) is 23.8 Å². The first-order valence-corrected chi connectivity index (χ1v) is 14.0. The average Bonchev–Trinajstić information content (AvgIpc) is 3.68. The highest BCUT2D eigenvalue weighted by Crippen LogP contribution is 2.27. The van der Waals surface area contributed by atoms with Crippen LogP contribution >= 0.6 is 11.3 Å². The summed E-state index contributed by atoms with van der Waals surface area (Å²) in [5, 5.41) is 9.38.